The van der Waals surface area contributed by atoms with Gasteiger partial charge in [0.15, 0.2) is 0 Å². The molecular weight excluding hydrogens is 234 g/mol. The highest BCUT2D eigenvalue weighted by molar-refractivity contribution is 5.42. The van der Waals surface area contributed by atoms with Gasteiger partial charge in [0.1, 0.15) is 5.75 Å². The van der Waals surface area contributed by atoms with Crippen molar-refractivity contribution in [2.45, 2.75) is 47.1 Å². The molecule has 0 saturated carbocycles. The van der Waals surface area contributed by atoms with Crippen molar-refractivity contribution in [3.63, 3.8) is 0 Å². The number of phenols is 1. The molecule has 1 aliphatic heterocycles. The van der Waals surface area contributed by atoms with Crippen molar-refractivity contribution in [2.75, 3.05) is 13.1 Å². The molecular formula is C17H27NO. The Bertz CT molecular complexity index is 408. The van der Waals surface area contributed by atoms with E-state index in [9.17, 15) is 5.11 Å². The van der Waals surface area contributed by atoms with E-state index < -0.39 is 0 Å². The molecule has 1 fully saturated rings. The Morgan fingerprint density at radius 3 is 2.16 bits per heavy atom. The number of benzene rings is 1. The van der Waals surface area contributed by atoms with Crippen molar-refractivity contribution < 1.29 is 5.11 Å². The minimum Gasteiger partial charge on any atom is -0.507 e. The summed E-state index contributed by atoms with van der Waals surface area (Å²) in [6.07, 6.45) is 2.65. The van der Waals surface area contributed by atoms with Crippen LogP contribution in [0.15, 0.2) is 12.1 Å². The SMILES string of the molecule is Cc1cc(CN2CCC(C(C)C)CC2)cc(C)c1O. The van der Waals surface area contributed by atoms with Crippen LogP contribution in [-0.2, 0) is 6.54 Å². The fourth-order valence-electron chi connectivity index (χ4n) is 3.17. The summed E-state index contributed by atoms with van der Waals surface area (Å²) >= 11 is 0. The number of likely N-dealkylation sites (tertiary alicyclic amines) is 1. The van der Waals surface area contributed by atoms with Crippen LogP contribution in [0.1, 0.15) is 43.4 Å². The zero-order valence-electron chi connectivity index (χ0n) is 12.7. The lowest BCUT2D eigenvalue weighted by Gasteiger charge is -2.34. The predicted octanol–water partition coefficient (Wildman–Crippen LogP) is 3.88. The van der Waals surface area contributed by atoms with Gasteiger partial charge >= 0.3 is 0 Å². The van der Waals surface area contributed by atoms with Gasteiger partial charge < -0.3 is 5.11 Å². The zero-order chi connectivity index (χ0) is 14.0. The first-order valence-corrected chi connectivity index (χ1v) is 7.49. The maximum absolute atomic E-state index is 9.82. The molecule has 1 aromatic carbocycles. The Balaban J connectivity index is 1.96. The van der Waals surface area contributed by atoms with Gasteiger partial charge in [0.25, 0.3) is 0 Å². The topological polar surface area (TPSA) is 23.5 Å². The zero-order valence-corrected chi connectivity index (χ0v) is 12.7. The van der Waals surface area contributed by atoms with Gasteiger partial charge in [0.2, 0.25) is 0 Å². The Labute approximate surface area is 117 Å². The van der Waals surface area contributed by atoms with E-state index in [1.54, 1.807) is 0 Å². The van der Waals surface area contributed by atoms with Crippen LogP contribution < -0.4 is 0 Å². The molecule has 1 heterocycles. The molecule has 0 aliphatic carbocycles. The van der Waals surface area contributed by atoms with E-state index in [0.717, 1.165) is 29.5 Å². The van der Waals surface area contributed by atoms with Gasteiger partial charge in [0.05, 0.1) is 0 Å². The van der Waals surface area contributed by atoms with Crippen molar-refractivity contribution in [1.29, 1.82) is 0 Å². The summed E-state index contributed by atoms with van der Waals surface area (Å²) in [6, 6.07) is 4.24. The summed E-state index contributed by atoms with van der Waals surface area (Å²) in [4.78, 5) is 2.55. The quantitative estimate of drug-likeness (QED) is 0.892. The number of hydrogen-bond acceptors (Lipinski definition) is 2. The lowest BCUT2D eigenvalue weighted by molar-refractivity contribution is 0.152. The van der Waals surface area contributed by atoms with Gasteiger partial charge in [-0.3, -0.25) is 4.90 Å². The van der Waals surface area contributed by atoms with E-state index >= 15 is 0 Å². The van der Waals surface area contributed by atoms with Crippen molar-refractivity contribution in [3.05, 3.63) is 28.8 Å². The molecule has 1 N–H and O–H groups in total. The number of hydrogen-bond donors (Lipinski definition) is 1. The third kappa shape index (κ3) is 3.50. The molecule has 2 nitrogen and oxygen atoms in total. The van der Waals surface area contributed by atoms with Crippen molar-refractivity contribution in [2.24, 2.45) is 11.8 Å². The third-order valence-corrected chi connectivity index (χ3v) is 4.53. The van der Waals surface area contributed by atoms with Crippen molar-refractivity contribution in [3.8, 4) is 5.75 Å². The third-order valence-electron chi connectivity index (χ3n) is 4.53. The van der Waals surface area contributed by atoms with Crippen LogP contribution in [0.2, 0.25) is 0 Å². The minimum absolute atomic E-state index is 0.447. The Kier molecular flexibility index (Phi) is 4.51. The summed E-state index contributed by atoms with van der Waals surface area (Å²) in [7, 11) is 0. The molecule has 0 radical (unpaired) electrons. The van der Waals surface area contributed by atoms with Crippen molar-refractivity contribution in [1.82, 2.24) is 4.90 Å². The molecule has 0 amide bonds. The number of piperidine rings is 1. The predicted molar refractivity (Wildman–Crippen MR) is 80.4 cm³/mol. The first-order valence-electron chi connectivity index (χ1n) is 7.49. The van der Waals surface area contributed by atoms with E-state index in [1.165, 1.54) is 31.5 Å². The summed E-state index contributed by atoms with van der Waals surface area (Å²) < 4.78 is 0. The molecule has 19 heavy (non-hydrogen) atoms. The normalized spacial score (nSPS) is 18.2. The summed E-state index contributed by atoms with van der Waals surface area (Å²) in [5, 5.41) is 9.82. The fraction of sp³-hybridized carbons (Fsp3) is 0.647. The molecule has 0 spiro atoms. The smallest absolute Gasteiger partial charge is 0.121 e. The van der Waals surface area contributed by atoms with Gasteiger partial charge in [0, 0.05) is 6.54 Å². The number of nitrogens with zero attached hydrogens (tertiary/aromatic N) is 1. The summed E-state index contributed by atoms with van der Waals surface area (Å²) in [5.41, 5.74) is 3.31. The van der Waals surface area contributed by atoms with Crippen molar-refractivity contribution >= 4 is 0 Å². The lowest BCUT2D eigenvalue weighted by Crippen LogP contribution is -2.34. The number of rotatable bonds is 3. The second-order valence-electron chi connectivity index (χ2n) is 6.44. The molecule has 2 rings (SSSR count). The van der Waals surface area contributed by atoms with Crippen LogP contribution in [0, 0.1) is 25.7 Å². The van der Waals surface area contributed by atoms with E-state index in [4.69, 9.17) is 0 Å². The average Bonchev–Trinajstić information content (AvgIpc) is 2.36. The molecule has 2 heteroatoms. The largest absolute Gasteiger partial charge is 0.507 e. The summed E-state index contributed by atoms with van der Waals surface area (Å²) in [5.74, 6) is 2.17. The van der Waals surface area contributed by atoms with Gasteiger partial charge in [-0.15, -0.1) is 0 Å². The maximum atomic E-state index is 9.82. The monoisotopic (exact) mass is 261 g/mol. The van der Waals surface area contributed by atoms with E-state index in [0.29, 0.717) is 5.75 Å². The van der Waals surface area contributed by atoms with E-state index in [-0.39, 0.29) is 0 Å². The highest BCUT2D eigenvalue weighted by Crippen LogP contribution is 2.27. The highest BCUT2D eigenvalue weighted by Gasteiger charge is 2.21. The Morgan fingerprint density at radius 1 is 1.16 bits per heavy atom. The van der Waals surface area contributed by atoms with Crippen LogP contribution in [-0.4, -0.2) is 23.1 Å². The molecule has 0 aromatic heterocycles. The van der Waals surface area contributed by atoms with Crippen LogP contribution in [0.25, 0.3) is 0 Å². The van der Waals surface area contributed by atoms with Gasteiger partial charge in [-0.1, -0.05) is 26.0 Å². The molecule has 0 bridgehead atoms. The van der Waals surface area contributed by atoms with Crippen LogP contribution in [0.4, 0.5) is 0 Å². The Hall–Kier alpha value is -1.02. The molecule has 0 unspecified atom stereocenters. The van der Waals surface area contributed by atoms with Gasteiger partial charge in [-0.25, -0.2) is 0 Å². The second-order valence-corrected chi connectivity index (χ2v) is 6.44. The molecule has 0 atom stereocenters. The first kappa shape index (κ1) is 14.4. The number of phenolic OH excluding ortho intramolecular Hbond substituents is 1. The first-order chi connectivity index (χ1) is 8.97. The number of aromatic hydroxyl groups is 1. The second kappa shape index (κ2) is 5.96. The molecule has 1 saturated heterocycles. The van der Waals surface area contributed by atoms with E-state index in [1.807, 2.05) is 13.8 Å². The van der Waals surface area contributed by atoms with Crippen LogP contribution in [0.3, 0.4) is 0 Å². The fourth-order valence-corrected chi connectivity index (χ4v) is 3.17. The van der Waals surface area contributed by atoms with Crippen LogP contribution in [0.5, 0.6) is 5.75 Å². The van der Waals surface area contributed by atoms with Gasteiger partial charge in [-0.05, 0) is 68.3 Å². The van der Waals surface area contributed by atoms with Gasteiger partial charge in [-0.2, -0.15) is 0 Å². The van der Waals surface area contributed by atoms with Crippen LogP contribution >= 0.6 is 0 Å². The standard InChI is InChI=1S/C17H27NO/c1-12(2)16-5-7-18(8-6-16)11-15-9-13(3)17(19)14(4)10-15/h9-10,12,16,19H,5-8,11H2,1-4H3. The maximum Gasteiger partial charge on any atom is 0.121 e. The lowest BCUT2D eigenvalue weighted by atomic mass is 9.86. The molecule has 106 valence electrons. The Morgan fingerprint density at radius 2 is 1.68 bits per heavy atom. The average molecular weight is 261 g/mol. The summed E-state index contributed by atoms with van der Waals surface area (Å²) in [6.45, 7) is 12.1. The number of aryl methyl sites for hydroxylation is 2. The highest BCUT2D eigenvalue weighted by atomic mass is 16.3. The minimum atomic E-state index is 0.447. The van der Waals surface area contributed by atoms with E-state index in [2.05, 4.69) is 30.9 Å². The molecule has 1 aliphatic rings. The molecule has 1 aromatic rings.